The fraction of sp³-hybridized carbons (Fsp3) is 0.273. The van der Waals surface area contributed by atoms with E-state index in [0.29, 0.717) is 0 Å². The van der Waals surface area contributed by atoms with E-state index in [1.165, 1.54) is 0 Å². The van der Waals surface area contributed by atoms with Crippen molar-refractivity contribution in [3.05, 3.63) is 28.8 Å². The highest BCUT2D eigenvalue weighted by Gasteiger charge is 2.36. The summed E-state index contributed by atoms with van der Waals surface area (Å²) < 4.78 is 26.2. The van der Waals surface area contributed by atoms with E-state index in [0.717, 1.165) is 17.0 Å². The molecule has 18 heavy (non-hydrogen) atoms. The van der Waals surface area contributed by atoms with Crippen LogP contribution in [0.25, 0.3) is 0 Å². The van der Waals surface area contributed by atoms with Crippen LogP contribution in [0, 0.1) is 17.6 Å². The van der Waals surface area contributed by atoms with Crippen molar-refractivity contribution in [2.24, 2.45) is 5.92 Å². The van der Waals surface area contributed by atoms with Crippen molar-refractivity contribution in [1.82, 2.24) is 0 Å². The second-order valence-electron chi connectivity index (χ2n) is 3.94. The third kappa shape index (κ3) is 2.03. The largest absolute Gasteiger partial charge is 0.481 e. The molecule has 0 radical (unpaired) electrons. The molecule has 96 valence electrons. The van der Waals surface area contributed by atoms with Gasteiger partial charge in [-0.05, 0) is 12.1 Å². The van der Waals surface area contributed by atoms with E-state index in [1.807, 2.05) is 0 Å². The van der Waals surface area contributed by atoms with Crippen molar-refractivity contribution in [2.75, 3.05) is 11.4 Å². The monoisotopic (exact) mass is 275 g/mol. The van der Waals surface area contributed by atoms with Crippen LogP contribution in [0.1, 0.15) is 6.42 Å². The number of anilines is 1. The third-order valence-electron chi connectivity index (χ3n) is 2.78. The molecule has 0 bridgehead atoms. The van der Waals surface area contributed by atoms with Crippen LogP contribution in [-0.4, -0.2) is 23.5 Å². The average molecular weight is 276 g/mol. The van der Waals surface area contributed by atoms with E-state index in [-0.39, 0.29) is 18.7 Å². The van der Waals surface area contributed by atoms with Gasteiger partial charge >= 0.3 is 5.97 Å². The molecule has 2 rings (SSSR count). The quantitative estimate of drug-likeness (QED) is 0.841. The molecule has 1 aliphatic rings. The molecule has 1 unspecified atom stereocenters. The fourth-order valence-corrected chi connectivity index (χ4v) is 2.09. The number of hydrogen-bond donors (Lipinski definition) is 1. The number of carboxylic acid groups (broad SMARTS) is 1. The minimum atomic E-state index is -1.25. The highest BCUT2D eigenvalue weighted by Crippen LogP contribution is 2.33. The lowest BCUT2D eigenvalue weighted by Crippen LogP contribution is -2.26. The van der Waals surface area contributed by atoms with Crippen LogP contribution >= 0.6 is 11.6 Å². The summed E-state index contributed by atoms with van der Waals surface area (Å²) in [4.78, 5) is 23.5. The number of carbonyl (C=O) groups is 2. The molecule has 1 fully saturated rings. The Kier molecular flexibility index (Phi) is 3.21. The second-order valence-corrected chi connectivity index (χ2v) is 4.32. The van der Waals surface area contributed by atoms with E-state index >= 15 is 0 Å². The molecule has 1 atom stereocenters. The van der Waals surface area contributed by atoms with Crippen molar-refractivity contribution in [3.63, 3.8) is 0 Å². The molecule has 1 N–H and O–H groups in total. The number of rotatable bonds is 2. The van der Waals surface area contributed by atoms with Gasteiger partial charge in [-0.15, -0.1) is 0 Å². The molecule has 0 spiro atoms. The second kappa shape index (κ2) is 4.53. The van der Waals surface area contributed by atoms with Gasteiger partial charge in [-0.3, -0.25) is 9.59 Å². The molecule has 1 aromatic carbocycles. The van der Waals surface area contributed by atoms with Crippen LogP contribution < -0.4 is 4.90 Å². The SMILES string of the molecule is O=C(O)C1CC(=O)N(c2ccc(F)c(F)c2Cl)C1. The van der Waals surface area contributed by atoms with E-state index in [1.54, 1.807) is 0 Å². The number of halogens is 3. The number of carbonyl (C=O) groups excluding carboxylic acids is 1. The van der Waals surface area contributed by atoms with Crippen molar-refractivity contribution >= 4 is 29.2 Å². The molecule has 4 nitrogen and oxygen atoms in total. The Morgan fingerprint density at radius 3 is 2.67 bits per heavy atom. The van der Waals surface area contributed by atoms with Gasteiger partial charge < -0.3 is 10.0 Å². The van der Waals surface area contributed by atoms with Crippen LogP contribution in [0.2, 0.25) is 5.02 Å². The summed E-state index contributed by atoms with van der Waals surface area (Å²) in [6, 6.07) is 2.00. The molecule has 1 amide bonds. The number of aliphatic carboxylic acids is 1. The summed E-state index contributed by atoms with van der Waals surface area (Å²) in [6.45, 7) is -0.0983. The summed E-state index contributed by atoms with van der Waals surface area (Å²) in [5.41, 5.74) is -0.00989. The lowest BCUT2D eigenvalue weighted by molar-refractivity contribution is -0.141. The predicted molar refractivity (Wildman–Crippen MR) is 59.5 cm³/mol. The van der Waals surface area contributed by atoms with E-state index in [2.05, 4.69) is 0 Å². The Morgan fingerprint density at radius 2 is 2.11 bits per heavy atom. The fourth-order valence-electron chi connectivity index (χ4n) is 1.83. The van der Waals surface area contributed by atoms with Crippen molar-refractivity contribution in [1.29, 1.82) is 0 Å². The Labute approximate surface area is 106 Å². The van der Waals surface area contributed by atoms with Crippen molar-refractivity contribution in [3.8, 4) is 0 Å². The zero-order valence-corrected chi connectivity index (χ0v) is 9.75. The van der Waals surface area contributed by atoms with Gasteiger partial charge in [0.25, 0.3) is 0 Å². The van der Waals surface area contributed by atoms with Gasteiger partial charge in [0.15, 0.2) is 11.6 Å². The molecule has 1 saturated heterocycles. The highest BCUT2D eigenvalue weighted by atomic mass is 35.5. The van der Waals surface area contributed by atoms with Gasteiger partial charge in [0.2, 0.25) is 5.91 Å². The lowest BCUT2D eigenvalue weighted by atomic mass is 10.1. The number of carboxylic acids is 1. The van der Waals surface area contributed by atoms with Crippen molar-refractivity contribution in [2.45, 2.75) is 6.42 Å². The first kappa shape index (κ1) is 12.8. The molecule has 0 aliphatic carbocycles. The van der Waals surface area contributed by atoms with Gasteiger partial charge in [0, 0.05) is 13.0 Å². The van der Waals surface area contributed by atoms with Crippen LogP contribution in [0.15, 0.2) is 12.1 Å². The van der Waals surface area contributed by atoms with E-state index in [9.17, 15) is 18.4 Å². The first-order chi connectivity index (χ1) is 8.41. The smallest absolute Gasteiger partial charge is 0.308 e. The van der Waals surface area contributed by atoms with E-state index < -0.39 is 34.5 Å². The Morgan fingerprint density at radius 1 is 1.44 bits per heavy atom. The number of nitrogens with zero attached hydrogens (tertiary/aromatic N) is 1. The van der Waals surface area contributed by atoms with Gasteiger partial charge in [-0.2, -0.15) is 0 Å². The highest BCUT2D eigenvalue weighted by molar-refractivity contribution is 6.34. The summed E-state index contributed by atoms with van der Waals surface area (Å²) in [5, 5.41) is 8.30. The summed E-state index contributed by atoms with van der Waals surface area (Å²) in [7, 11) is 0. The lowest BCUT2D eigenvalue weighted by Gasteiger charge is -2.17. The molecule has 1 aliphatic heterocycles. The van der Waals surface area contributed by atoms with Gasteiger partial charge in [0.1, 0.15) is 5.02 Å². The summed E-state index contributed by atoms with van der Waals surface area (Å²) >= 11 is 5.61. The normalized spacial score (nSPS) is 19.4. The molecular formula is C11H8ClF2NO3. The zero-order valence-electron chi connectivity index (χ0n) is 8.99. The van der Waals surface area contributed by atoms with Crippen LogP contribution in [0.5, 0.6) is 0 Å². The zero-order chi connectivity index (χ0) is 13.4. The summed E-state index contributed by atoms with van der Waals surface area (Å²) in [5.74, 6) is -4.81. The standard InChI is InChI=1S/C11H8ClF2NO3/c12-9-7(2-1-6(13)10(9)14)15-4-5(11(17)18)3-8(15)16/h1-2,5H,3-4H2,(H,17,18). The first-order valence-electron chi connectivity index (χ1n) is 5.08. The maximum Gasteiger partial charge on any atom is 0.308 e. The molecule has 7 heteroatoms. The number of amides is 1. The Bertz CT molecular complexity index is 535. The molecule has 0 aromatic heterocycles. The van der Waals surface area contributed by atoms with Crippen LogP contribution in [-0.2, 0) is 9.59 Å². The number of hydrogen-bond acceptors (Lipinski definition) is 2. The third-order valence-corrected chi connectivity index (χ3v) is 3.14. The van der Waals surface area contributed by atoms with E-state index in [4.69, 9.17) is 16.7 Å². The maximum atomic E-state index is 13.3. The van der Waals surface area contributed by atoms with Gasteiger partial charge in [-0.25, -0.2) is 8.78 Å². The van der Waals surface area contributed by atoms with Crippen molar-refractivity contribution < 1.29 is 23.5 Å². The molecule has 1 heterocycles. The molecular weight excluding hydrogens is 268 g/mol. The van der Waals surface area contributed by atoms with Gasteiger partial charge in [0.05, 0.1) is 11.6 Å². The maximum absolute atomic E-state index is 13.3. The topological polar surface area (TPSA) is 57.6 Å². The van der Waals surface area contributed by atoms with Crippen LogP contribution in [0.3, 0.4) is 0 Å². The summed E-state index contributed by atoms with van der Waals surface area (Å²) in [6.07, 6.45) is -0.176. The number of benzene rings is 1. The molecule has 1 aromatic rings. The minimum absolute atomic E-state index is 0.00989. The minimum Gasteiger partial charge on any atom is -0.481 e. The Hall–Kier alpha value is -1.69. The predicted octanol–water partition coefficient (Wildman–Crippen LogP) is 2.06. The van der Waals surface area contributed by atoms with Gasteiger partial charge in [-0.1, -0.05) is 11.6 Å². The average Bonchev–Trinajstić information content (AvgIpc) is 2.69. The first-order valence-corrected chi connectivity index (χ1v) is 5.46. The molecule has 0 saturated carbocycles. The Balaban J connectivity index is 2.36. The van der Waals surface area contributed by atoms with Crippen LogP contribution in [0.4, 0.5) is 14.5 Å².